The number of rotatable bonds is 6. The van der Waals surface area contributed by atoms with Gasteiger partial charge in [0.05, 0.1) is 17.8 Å². The Balaban J connectivity index is 1.62. The summed E-state index contributed by atoms with van der Waals surface area (Å²) in [5.41, 5.74) is 1.14. The number of halogens is 2. The number of carbonyl (C=O) groups excluding carboxylic acids is 1. The molecule has 1 heterocycles. The molecule has 1 N–H and O–H groups in total. The van der Waals surface area contributed by atoms with Crippen molar-refractivity contribution in [2.24, 2.45) is 0 Å². The molecule has 0 saturated heterocycles. The number of benzene rings is 2. The van der Waals surface area contributed by atoms with Crippen molar-refractivity contribution in [1.82, 2.24) is 4.98 Å². The molecule has 2 aromatic carbocycles. The maximum Gasteiger partial charge on any atom is 0.264 e. The summed E-state index contributed by atoms with van der Waals surface area (Å²) in [7, 11) is 1.40. The number of hydrogen-bond donors (Lipinski definition) is 1. The zero-order valence-electron chi connectivity index (χ0n) is 13.7. The molecule has 0 aliphatic carbocycles. The van der Waals surface area contributed by atoms with Crippen LogP contribution in [0.5, 0.6) is 11.5 Å². The van der Waals surface area contributed by atoms with Gasteiger partial charge < -0.3 is 9.47 Å². The van der Waals surface area contributed by atoms with Crippen LogP contribution < -0.4 is 14.8 Å². The lowest BCUT2D eigenvalue weighted by Gasteiger charge is -2.07. The Morgan fingerprint density at radius 2 is 2.08 bits per heavy atom. The Hall–Kier alpha value is -2.64. The quantitative estimate of drug-likeness (QED) is 0.664. The van der Waals surface area contributed by atoms with E-state index < -0.39 is 5.82 Å². The maximum atomic E-state index is 13.8. The molecule has 8 heteroatoms. The Kier molecular flexibility index (Phi) is 5.70. The summed E-state index contributed by atoms with van der Waals surface area (Å²) >= 11 is 7.20. The van der Waals surface area contributed by atoms with Gasteiger partial charge in [-0.2, -0.15) is 0 Å². The van der Waals surface area contributed by atoms with Crippen molar-refractivity contribution in [1.29, 1.82) is 0 Å². The summed E-state index contributed by atoms with van der Waals surface area (Å²) in [5.74, 6) is -0.254. The van der Waals surface area contributed by atoms with E-state index >= 15 is 0 Å². The van der Waals surface area contributed by atoms with Gasteiger partial charge in [0.25, 0.3) is 5.91 Å². The maximum absolute atomic E-state index is 13.8. The standard InChI is InChI=1S/C18H14ClFN2O3S/c1-24-16-7-6-11(8-13(16)20)14-10-26-18(21-14)22-17(23)9-25-15-5-3-2-4-12(15)19/h2-8,10H,9H2,1H3,(H,21,22,23). The van der Waals surface area contributed by atoms with Gasteiger partial charge in [-0.15, -0.1) is 11.3 Å². The van der Waals surface area contributed by atoms with Gasteiger partial charge in [-0.25, -0.2) is 9.37 Å². The first kappa shape index (κ1) is 18.2. The zero-order valence-corrected chi connectivity index (χ0v) is 15.2. The molecule has 0 bridgehead atoms. The number of nitrogens with one attached hydrogen (secondary N) is 1. The highest BCUT2D eigenvalue weighted by Gasteiger charge is 2.11. The fourth-order valence-electron chi connectivity index (χ4n) is 2.15. The van der Waals surface area contributed by atoms with Crippen molar-refractivity contribution < 1.29 is 18.7 Å². The number of para-hydroxylation sites is 1. The minimum atomic E-state index is -0.475. The monoisotopic (exact) mass is 392 g/mol. The SMILES string of the molecule is COc1ccc(-c2csc(NC(=O)COc3ccccc3Cl)n2)cc1F. The van der Waals surface area contributed by atoms with E-state index in [4.69, 9.17) is 21.1 Å². The third kappa shape index (κ3) is 4.30. The van der Waals surface area contributed by atoms with E-state index in [2.05, 4.69) is 10.3 Å². The average Bonchev–Trinajstić information content (AvgIpc) is 3.09. The number of thiazole rings is 1. The number of nitrogens with zero attached hydrogens (tertiary/aromatic N) is 1. The number of aromatic nitrogens is 1. The van der Waals surface area contributed by atoms with Crippen LogP contribution in [0.25, 0.3) is 11.3 Å². The minimum absolute atomic E-state index is 0.161. The highest BCUT2D eigenvalue weighted by atomic mass is 35.5. The molecule has 0 fully saturated rings. The Labute approximate surface area is 158 Å². The molecule has 1 aromatic heterocycles. The summed E-state index contributed by atoms with van der Waals surface area (Å²) in [6.07, 6.45) is 0. The second-order valence-electron chi connectivity index (χ2n) is 5.15. The van der Waals surface area contributed by atoms with Crippen LogP contribution in [0.2, 0.25) is 5.02 Å². The number of methoxy groups -OCH3 is 1. The summed E-state index contributed by atoms with van der Waals surface area (Å²) in [6, 6.07) is 11.4. The lowest BCUT2D eigenvalue weighted by Crippen LogP contribution is -2.20. The number of amides is 1. The van der Waals surface area contributed by atoms with Gasteiger partial charge >= 0.3 is 0 Å². The molecule has 1 amide bonds. The van der Waals surface area contributed by atoms with Crippen LogP contribution in [0.1, 0.15) is 0 Å². The predicted molar refractivity (Wildman–Crippen MR) is 99.6 cm³/mol. The lowest BCUT2D eigenvalue weighted by molar-refractivity contribution is -0.118. The first-order valence-electron chi connectivity index (χ1n) is 7.53. The topological polar surface area (TPSA) is 60.5 Å². The van der Waals surface area contributed by atoms with Crippen molar-refractivity contribution >= 4 is 34.0 Å². The highest BCUT2D eigenvalue weighted by molar-refractivity contribution is 7.14. The normalized spacial score (nSPS) is 10.4. The Morgan fingerprint density at radius 3 is 2.81 bits per heavy atom. The molecule has 0 radical (unpaired) electrons. The lowest BCUT2D eigenvalue weighted by atomic mass is 10.1. The molecule has 5 nitrogen and oxygen atoms in total. The van der Waals surface area contributed by atoms with Crippen molar-refractivity contribution in [2.45, 2.75) is 0 Å². The molecule has 134 valence electrons. The molecule has 0 atom stereocenters. The average molecular weight is 393 g/mol. The van der Waals surface area contributed by atoms with Crippen LogP contribution >= 0.6 is 22.9 Å². The van der Waals surface area contributed by atoms with Crippen molar-refractivity contribution in [3.05, 3.63) is 58.7 Å². The van der Waals surface area contributed by atoms with E-state index in [1.54, 1.807) is 35.7 Å². The van der Waals surface area contributed by atoms with E-state index in [0.717, 1.165) is 0 Å². The molecule has 0 spiro atoms. The van der Waals surface area contributed by atoms with Crippen molar-refractivity contribution in [3.63, 3.8) is 0 Å². The van der Waals surface area contributed by atoms with E-state index in [0.29, 0.717) is 27.2 Å². The van der Waals surface area contributed by atoms with Gasteiger partial charge in [0.1, 0.15) is 5.75 Å². The summed E-state index contributed by atoms with van der Waals surface area (Å²) < 4.78 is 24.1. The molecular weight excluding hydrogens is 379 g/mol. The van der Waals surface area contributed by atoms with Crippen LogP contribution in [-0.4, -0.2) is 24.6 Å². The predicted octanol–water partition coefficient (Wildman–Crippen LogP) is 4.63. The summed E-state index contributed by atoms with van der Waals surface area (Å²) in [5, 5.41) is 5.19. The fraction of sp³-hybridized carbons (Fsp3) is 0.111. The van der Waals surface area contributed by atoms with Crippen LogP contribution in [0.4, 0.5) is 9.52 Å². The van der Waals surface area contributed by atoms with Gasteiger partial charge in [0, 0.05) is 10.9 Å². The van der Waals surface area contributed by atoms with Crippen LogP contribution in [0.15, 0.2) is 47.8 Å². The van der Waals surface area contributed by atoms with Crippen molar-refractivity contribution in [2.75, 3.05) is 19.0 Å². The van der Waals surface area contributed by atoms with E-state index in [9.17, 15) is 9.18 Å². The molecule has 3 aromatic rings. The molecule has 0 aliphatic rings. The van der Waals surface area contributed by atoms with Gasteiger partial charge in [-0.1, -0.05) is 23.7 Å². The van der Waals surface area contributed by atoms with Gasteiger partial charge in [-0.3, -0.25) is 10.1 Å². The van der Waals surface area contributed by atoms with Crippen LogP contribution in [0.3, 0.4) is 0 Å². The second-order valence-corrected chi connectivity index (χ2v) is 6.42. The number of ether oxygens (including phenoxy) is 2. The first-order chi connectivity index (χ1) is 12.6. The second kappa shape index (κ2) is 8.16. The molecule has 0 aliphatic heterocycles. The highest BCUT2D eigenvalue weighted by Crippen LogP contribution is 2.28. The number of hydrogen-bond acceptors (Lipinski definition) is 5. The third-order valence-corrected chi connectivity index (χ3v) is 4.46. The first-order valence-corrected chi connectivity index (χ1v) is 8.79. The smallest absolute Gasteiger partial charge is 0.264 e. The van der Waals surface area contributed by atoms with Crippen LogP contribution in [-0.2, 0) is 4.79 Å². The van der Waals surface area contributed by atoms with Gasteiger partial charge in [-0.05, 0) is 30.3 Å². The van der Waals surface area contributed by atoms with E-state index in [-0.39, 0.29) is 18.3 Å². The number of carbonyl (C=O) groups is 1. The number of anilines is 1. The van der Waals surface area contributed by atoms with E-state index in [1.165, 1.54) is 30.6 Å². The molecular formula is C18H14ClFN2O3S. The zero-order chi connectivity index (χ0) is 18.5. The largest absolute Gasteiger partial charge is 0.494 e. The molecule has 0 saturated carbocycles. The Morgan fingerprint density at radius 1 is 1.27 bits per heavy atom. The van der Waals surface area contributed by atoms with Crippen LogP contribution in [0, 0.1) is 5.82 Å². The molecule has 26 heavy (non-hydrogen) atoms. The molecule has 0 unspecified atom stereocenters. The van der Waals surface area contributed by atoms with Crippen molar-refractivity contribution in [3.8, 4) is 22.8 Å². The van der Waals surface area contributed by atoms with E-state index in [1.807, 2.05) is 0 Å². The summed E-state index contributed by atoms with van der Waals surface area (Å²) in [6.45, 7) is -0.199. The minimum Gasteiger partial charge on any atom is -0.494 e. The third-order valence-electron chi connectivity index (χ3n) is 3.39. The summed E-state index contributed by atoms with van der Waals surface area (Å²) in [4.78, 5) is 16.3. The van der Waals surface area contributed by atoms with Gasteiger partial charge in [0.2, 0.25) is 0 Å². The molecule has 3 rings (SSSR count). The fourth-order valence-corrected chi connectivity index (χ4v) is 3.08. The Bertz CT molecular complexity index is 932. The van der Waals surface area contributed by atoms with Gasteiger partial charge in [0.15, 0.2) is 23.3 Å².